The van der Waals surface area contributed by atoms with E-state index in [0.717, 1.165) is 23.7 Å². The fraction of sp³-hybridized carbons (Fsp3) is 0.667. The fourth-order valence-electron chi connectivity index (χ4n) is 4.18. The summed E-state index contributed by atoms with van der Waals surface area (Å²) in [5, 5.41) is 4.46. The summed E-state index contributed by atoms with van der Waals surface area (Å²) >= 11 is 5.96. The van der Waals surface area contributed by atoms with Gasteiger partial charge in [0.2, 0.25) is 0 Å². The Kier molecular flexibility index (Phi) is 4.75. The lowest BCUT2D eigenvalue weighted by Crippen LogP contribution is -2.64. The van der Waals surface area contributed by atoms with Crippen molar-refractivity contribution in [1.82, 2.24) is 5.32 Å². The molecule has 0 saturated heterocycles. The molecular formula is C18H26ClNO. The Labute approximate surface area is 133 Å². The van der Waals surface area contributed by atoms with Crippen LogP contribution in [0.25, 0.3) is 0 Å². The summed E-state index contributed by atoms with van der Waals surface area (Å²) in [6, 6.07) is 8.45. The summed E-state index contributed by atoms with van der Waals surface area (Å²) in [5.41, 5.74) is 0.353. The first kappa shape index (κ1) is 15.2. The number of hydrogen-bond acceptors (Lipinski definition) is 2. The van der Waals surface area contributed by atoms with Gasteiger partial charge < -0.3 is 10.1 Å². The molecule has 1 spiro atoms. The van der Waals surface area contributed by atoms with Gasteiger partial charge in [-0.05, 0) is 43.7 Å². The quantitative estimate of drug-likeness (QED) is 0.862. The van der Waals surface area contributed by atoms with Gasteiger partial charge >= 0.3 is 0 Å². The van der Waals surface area contributed by atoms with Crippen LogP contribution >= 0.6 is 11.6 Å². The molecule has 3 heteroatoms. The van der Waals surface area contributed by atoms with Crippen LogP contribution in [0.2, 0.25) is 5.02 Å². The highest BCUT2D eigenvalue weighted by Crippen LogP contribution is 2.52. The van der Waals surface area contributed by atoms with Gasteiger partial charge in [-0.25, -0.2) is 0 Å². The van der Waals surface area contributed by atoms with E-state index in [0.29, 0.717) is 17.6 Å². The second kappa shape index (κ2) is 6.58. The molecule has 2 atom stereocenters. The molecule has 0 aliphatic heterocycles. The summed E-state index contributed by atoms with van der Waals surface area (Å²) in [4.78, 5) is 0. The number of ether oxygens (including phenoxy) is 1. The minimum absolute atomic E-state index is 0.353. The molecular weight excluding hydrogens is 282 g/mol. The van der Waals surface area contributed by atoms with Gasteiger partial charge in [-0.3, -0.25) is 0 Å². The van der Waals surface area contributed by atoms with Gasteiger partial charge in [-0.1, -0.05) is 44.2 Å². The smallest absolute Gasteiger partial charge is 0.119 e. The predicted molar refractivity (Wildman–Crippen MR) is 88.1 cm³/mol. The first-order valence-corrected chi connectivity index (χ1v) is 8.78. The lowest BCUT2D eigenvalue weighted by Gasteiger charge is -2.56. The van der Waals surface area contributed by atoms with E-state index in [1.54, 1.807) is 0 Å². The lowest BCUT2D eigenvalue weighted by atomic mass is 9.57. The number of halogens is 1. The van der Waals surface area contributed by atoms with Gasteiger partial charge in [-0.2, -0.15) is 0 Å². The largest absolute Gasteiger partial charge is 0.490 e. The van der Waals surface area contributed by atoms with Crippen molar-refractivity contribution in [3.05, 3.63) is 29.3 Å². The van der Waals surface area contributed by atoms with Crippen molar-refractivity contribution in [2.24, 2.45) is 5.41 Å². The van der Waals surface area contributed by atoms with E-state index in [4.69, 9.17) is 16.3 Å². The van der Waals surface area contributed by atoms with Gasteiger partial charge in [0.05, 0.1) is 0 Å². The number of benzene rings is 1. The van der Waals surface area contributed by atoms with E-state index in [2.05, 4.69) is 12.2 Å². The van der Waals surface area contributed by atoms with Gasteiger partial charge in [0.15, 0.2) is 0 Å². The van der Waals surface area contributed by atoms with Crippen molar-refractivity contribution in [3.63, 3.8) is 0 Å². The molecule has 2 saturated carbocycles. The molecule has 116 valence electrons. The first-order valence-electron chi connectivity index (χ1n) is 8.40. The highest BCUT2D eigenvalue weighted by atomic mass is 35.5. The first-order chi connectivity index (χ1) is 10.2. The zero-order valence-electron chi connectivity index (χ0n) is 12.9. The standard InChI is InChI=1S/C18H26ClNO/c1-2-20-16-13-17(18(16)11-5-3-4-6-12-18)21-15-9-7-14(19)8-10-15/h7-10,16-17,20H,2-6,11-13H2,1H3. The van der Waals surface area contributed by atoms with Gasteiger partial charge in [0, 0.05) is 22.9 Å². The Balaban J connectivity index is 1.73. The van der Waals surface area contributed by atoms with Crippen LogP contribution in [0.1, 0.15) is 51.9 Å². The molecule has 2 fully saturated rings. The van der Waals surface area contributed by atoms with Crippen LogP contribution in [0.3, 0.4) is 0 Å². The summed E-state index contributed by atoms with van der Waals surface area (Å²) in [6.07, 6.45) is 9.58. The monoisotopic (exact) mass is 307 g/mol. The molecule has 2 aliphatic carbocycles. The summed E-state index contributed by atoms with van der Waals surface area (Å²) < 4.78 is 6.33. The minimum Gasteiger partial charge on any atom is -0.490 e. The molecule has 2 unspecified atom stereocenters. The van der Waals surface area contributed by atoms with Gasteiger partial charge in [-0.15, -0.1) is 0 Å². The molecule has 0 bridgehead atoms. The molecule has 0 aromatic heterocycles. The van der Waals surface area contributed by atoms with Crippen molar-refractivity contribution < 1.29 is 4.74 Å². The SMILES string of the molecule is CCNC1CC(Oc2ccc(Cl)cc2)C12CCCCCC2. The highest BCUT2D eigenvalue weighted by molar-refractivity contribution is 6.30. The van der Waals surface area contributed by atoms with Gasteiger partial charge in [0.25, 0.3) is 0 Å². The van der Waals surface area contributed by atoms with E-state index < -0.39 is 0 Å². The van der Waals surface area contributed by atoms with Crippen molar-refractivity contribution in [1.29, 1.82) is 0 Å². The zero-order chi connectivity index (χ0) is 14.7. The second-order valence-corrected chi connectivity index (χ2v) is 6.99. The maximum Gasteiger partial charge on any atom is 0.119 e. The summed E-state index contributed by atoms with van der Waals surface area (Å²) in [6.45, 7) is 3.26. The molecule has 1 N–H and O–H groups in total. The van der Waals surface area contributed by atoms with Crippen molar-refractivity contribution in [2.45, 2.75) is 64.0 Å². The second-order valence-electron chi connectivity index (χ2n) is 6.55. The minimum atomic E-state index is 0.353. The third-order valence-corrected chi connectivity index (χ3v) is 5.61. The van der Waals surface area contributed by atoms with Crippen molar-refractivity contribution in [2.75, 3.05) is 6.54 Å². The van der Waals surface area contributed by atoms with Crippen LogP contribution in [0.4, 0.5) is 0 Å². The Morgan fingerprint density at radius 1 is 1.14 bits per heavy atom. The molecule has 2 aliphatic rings. The average Bonchev–Trinajstić information content (AvgIpc) is 2.76. The molecule has 0 amide bonds. The van der Waals surface area contributed by atoms with Gasteiger partial charge in [0.1, 0.15) is 11.9 Å². The molecule has 0 heterocycles. The maximum atomic E-state index is 6.33. The van der Waals surface area contributed by atoms with Crippen LogP contribution < -0.4 is 10.1 Å². The molecule has 1 aromatic rings. The van der Waals surface area contributed by atoms with E-state index in [9.17, 15) is 0 Å². The lowest BCUT2D eigenvalue weighted by molar-refractivity contribution is -0.0900. The Bertz CT molecular complexity index is 451. The van der Waals surface area contributed by atoms with Crippen LogP contribution in [-0.2, 0) is 0 Å². The predicted octanol–water partition coefficient (Wildman–Crippen LogP) is 4.81. The Morgan fingerprint density at radius 2 is 1.81 bits per heavy atom. The van der Waals surface area contributed by atoms with E-state index in [1.165, 1.54) is 38.5 Å². The summed E-state index contributed by atoms with van der Waals surface area (Å²) in [7, 11) is 0. The average molecular weight is 308 g/mol. The topological polar surface area (TPSA) is 21.3 Å². The molecule has 3 rings (SSSR count). The number of nitrogens with one attached hydrogen (secondary N) is 1. The third-order valence-electron chi connectivity index (χ3n) is 5.36. The fourth-order valence-corrected chi connectivity index (χ4v) is 4.31. The molecule has 0 radical (unpaired) electrons. The van der Waals surface area contributed by atoms with Crippen molar-refractivity contribution >= 4 is 11.6 Å². The van der Waals surface area contributed by atoms with E-state index in [1.807, 2.05) is 24.3 Å². The Hall–Kier alpha value is -0.730. The van der Waals surface area contributed by atoms with Crippen LogP contribution in [-0.4, -0.2) is 18.7 Å². The van der Waals surface area contributed by atoms with Crippen LogP contribution in [0.5, 0.6) is 5.75 Å². The molecule has 2 nitrogen and oxygen atoms in total. The number of rotatable bonds is 4. The summed E-state index contributed by atoms with van der Waals surface area (Å²) in [5.74, 6) is 0.961. The Morgan fingerprint density at radius 3 is 2.43 bits per heavy atom. The van der Waals surface area contributed by atoms with Crippen LogP contribution in [0, 0.1) is 5.41 Å². The van der Waals surface area contributed by atoms with Crippen LogP contribution in [0.15, 0.2) is 24.3 Å². The third kappa shape index (κ3) is 3.07. The molecule has 21 heavy (non-hydrogen) atoms. The van der Waals surface area contributed by atoms with E-state index >= 15 is 0 Å². The maximum absolute atomic E-state index is 6.33. The van der Waals surface area contributed by atoms with Crippen molar-refractivity contribution in [3.8, 4) is 5.75 Å². The zero-order valence-corrected chi connectivity index (χ0v) is 13.7. The normalized spacial score (nSPS) is 27.9. The van der Waals surface area contributed by atoms with E-state index in [-0.39, 0.29) is 0 Å². The number of hydrogen-bond donors (Lipinski definition) is 1. The highest BCUT2D eigenvalue weighted by Gasteiger charge is 2.55. The molecule has 1 aromatic carbocycles.